The quantitative estimate of drug-likeness (QED) is 0.725. The van der Waals surface area contributed by atoms with E-state index in [1.807, 2.05) is 24.3 Å². The molecule has 0 unspecified atom stereocenters. The zero-order valence-corrected chi connectivity index (χ0v) is 18.8. The molecule has 0 bridgehead atoms. The normalized spacial score (nSPS) is 26.8. The fourth-order valence-electron chi connectivity index (χ4n) is 5.65. The lowest BCUT2D eigenvalue weighted by Crippen LogP contribution is -2.62. The maximum Gasteiger partial charge on any atom is 0.322 e. The number of hydrogen-bond acceptors (Lipinski definition) is 5. The van der Waals surface area contributed by atoms with Crippen molar-refractivity contribution in [2.75, 3.05) is 30.1 Å². The summed E-state index contributed by atoms with van der Waals surface area (Å²) in [6.45, 7) is 2.56. The zero-order chi connectivity index (χ0) is 23.6. The van der Waals surface area contributed by atoms with Crippen LogP contribution in [0.4, 0.5) is 16.2 Å². The molecule has 34 heavy (non-hydrogen) atoms. The maximum atomic E-state index is 14.1. The van der Waals surface area contributed by atoms with Crippen molar-refractivity contribution in [1.82, 2.24) is 4.90 Å². The maximum absolute atomic E-state index is 14.1. The molecule has 0 radical (unpaired) electrons. The van der Waals surface area contributed by atoms with E-state index in [9.17, 15) is 14.4 Å². The van der Waals surface area contributed by atoms with Crippen molar-refractivity contribution < 1.29 is 23.9 Å². The summed E-state index contributed by atoms with van der Waals surface area (Å²) in [5.74, 6) is -0.291. The van der Waals surface area contributed by atoms with Gasteiger partial charge >= 0.3 is 6.03 Å². The highest BCUT2D eigenvalue weighted by Gasteiger charge is 2.63. The highest BCUT2D eigenvalue weighted by molar-refractivity contribution is 6.08. The number of amides is 4. The van der Waals surface area contributed by atoms with Gasteiger partial charge in [-0.05, 0) is 49.4 Å². The van der Waals surface area contributed by atoms with E-state index in [4.69, 9.17) is 15.2 Å². The number of para-hydroxylation sites is 1. The number of anilines is 2. The van der Waals surface area contributed by atoms with Crippen LogP contribution >= 0.6 is 0 Å². The van der Waals surface area contributed by atoms with Gasteiger partial charge in [-0.2, -0.15) is 0 Å². The Labute approximate surface area is 196 Å². The molecule has 1 saturated carbocycles. The fraction of sp³-hybridized carbons (Fsp3) is 0.400. The van der Waals surface area contributed by atoms with Crippen molar-refractivity contribution in [1.29, 1.82) is 0 Å². The van der Waals surface area contributed by atoms with Crippen LogP contribution in [0.2, 0.25) is 0 Å². The molecule has 176 valence electrons. The van der Waals surface area contributed by atoms with Gasteiger partial charge in [-0.25, -0.2) is 4.79 Å². The third-order valence-electron chi connectivity index (χ3n) is 7.56. The number of nitrogens with one attached hydrogen (secondary N) is 1. The van der Waals surface area contributed by atoms with Gasteiger partial charge in [0.2, 0.25) is 12.7 Å². The van der Waals surface area contributed by atoms with E-state index in [0.717, 1.165) is 24.1 Å². The second kappa shape index (κ2) is 7.38. The monoisotopic (exact) mass is 462 g/mol. The van der Waals surface area contributed by atoms with Gasteiger partial charge in [0, 0.05) is 36.4 Å². The molecular formula is C25H26N4O5. The lowest BCUT2D eigenvalue weighted by molar-refractivity contribution is -0.128. The molecule has 2 aromatic rings. The Hall–Kier alpha value is -3.75. The van der Waals surface area contributed by atoms with E-state index in [2.05, 4.69) is 5.32 Å². The third kappa shape index (κ3) is 3.03. The molecule has 9 heteroatoms. The lowest BCUT2D eigenvalue weighted by Gasteiger charge is -2.46. The van der Waals surface area contributed by atoms with E-state index in [0.29, 0.717) is 29.6 Å². The number of ether oxygens (including phenoxy) is 2. The van der Waals surface area contributed by atoms with Crippen LogP contribution in [-0.2, 0) is 9.59 Å². The van der Waals surface area contributed by atoms with Crippen molar-refractivity contribution in [3.05, 3.63) is 48.0 Å². The van der Waals surface area contributed by atoms with Crippen molar-refractivity contribution in [3.8, 4) is 11.5 Å². The van der Waals surface area contributed by atoms with E-state index in [1.54, 1.807) is 30.0 Å². The first-order chi connectivity index (χ1) is 16.4. The number of hydrogen-bond donors (Lipinski definition) is 2. The molecule has 2 fully saturated rings. The summed E-state index contributed by atoms with van der Waals surface area (Å²) in [7, 11) is 0. The Morgan fingerprint density at radius 1 is 1.15 bits per heavy atom. The van der Waals surface area contributed by atoms with Gasteiger partial charge in [0.1, 0.15) is 5.54 Å². The van der Waals surface area contributed by atoms with Crippen molar-refractivity contribution >= 4 is 29.2 Å². The van der Waals surface area contributed by atoms with Gasteiger partial charge in [0.15, 0.2) is 11.5 Å². The average Bonchev–Trinajstić information content (AvgIpc) is 3.41. The summed E-state index contributed by atoms with van der Waals surface area (Å²) in [6, 6.07) is 12.3. The molecule has 3 aliphatic heterocycles. The molecule has 3 N–H and O–H groups in total. The van der Waals surface area contributed by atoms with Crippen molar-refractivity contribution in [3.63, 3.8) is 0 Å². The number of fused-ring (bicyclic) bond motifs is 4. The van der Waals surface area contributed by atoms with Crippen LogP contribution in [0.25, 0.3) is 0 Å². The Kier molecular flexibility index (Phi) is 4.52. The Bertz CT molecular complexity index is 1210. The van der Waals surface area contributed by atoms with Crippen LogP contribution in [0, 0.1) is 11.8 Å². The largest absolute Gasteiger partial charge is 0.454 e. The van der Waals surface area contributed by atoms with E-state index in [-0.39, 0.29) is 19.2 Å². The number of rotatable bonds is 4. The average molecular weight is 463 g/mol. The highest BCUT2D eigenvalue weighted by Crippen LogP contribution is 2.53. The van der Waals surface area contributed by atoms with Gasteiger partial charge in [0.25, 0.3) is 5.91 Å². The number of nitrogens with two attached hydrogens (primary N) is 1. The van der Waals surface area contributed by atoms with E-state index >= 15 is 0 Å². The molecule has 1 aliphatic carbocycles. The second-order valence-electron chi connectivity index (χ2n) is 9.66. The summed E-state index contributed by atoms with van der Waals surface area (Å²) in [5.41, 5.74) is 6.77. The minimum atomic E-state index is -1.25. The Morgan fingerprint density at radius 2 is 1.91 bits per heavy atom. The third-order valence-corrected chi connectivity index (χ3v) is 7.56. The lowest BCUT2D eigenvalue weighted by atomic mass is 9.72. The molecule has 4 amide bonds. The van der Waals surface area contributed by atoms with E-state index in [1.165, 1.54) is 4.90 Å². The first-order valence-electron chi connectivity index (χ1n) is 11.6. The summed E-state index contributed by atoms with van der Waals surface area (Å²) < 4.78 is 10.7. The molecule has 3 atom stereocenters. The van der Waals surface area contributed by atoms with Crippen LogP contribution in [0.3, 0.4) is 0 Å². The number of nitrogens with zero attached hydrogens (tertiary/aromatic N) is 2. The molecule has 3 heterocycles. The van der Waals surface area contributed by atoms with Gasteiger partial charge in [-0.15, -0.1) is 0 Å². The Morgan fingerprint density at radius 3 is 2.68 bits per heavy atom. The number of carbonyl (C=O) groups is 3. The van der Waals surface area contributed by atoms with Crippen LogP contribution in [0.1, 0.15) is 31.2 Å². The van der Waals surface area contributed by atoms with Gasteiger partial charge < -0.3 is 30.3 Å². The van der Waals surface area contributed by atoms with Crippen LogP contribution in [-0.4, -0.2) is 48.2 Å². The van der Waals surface area contributed by atoms with E-state index < -0.39 is 29.3 Å². The smallest absolute Gasteiger partial charge is 0.322 e. The number of carbonyl (C=O) groups excluding carboxylic acids is 3. The summed E-state index contributed by atoms with van der Waals surface area (Å²) in [5, 5.41) is 2.87. The predicted molar refractivity (Wildman–Crippen MR) is 124 cm³/mol. The minimum absolute atomic E-state index is 0.0598. The molecule has 2 aromatic carbocycles. The summed E-state index contributed by atoms with van der Waals surface area (Å²) in [4.78, 5) is 43.4. The molecule has 9 nitrogen and oxygen atoms in total. The SMILES string of the molecule is C[C@@]12C(=O)N(CC3CC3)c3ccccc3[C@@H]1[C@@H](C(N)=O)CN2C(=O)Nc1ccc2c(c1)OCO2. The topological polar surface area (TPSA) is 114 Å². The standard InChI is InChI=1S/C25H26N4O5/c1-25-21(16-4-2-3-5-18(16)28(23(25)31)11-14-6-7-14)17(22(26)30)12-29(25)24(32)27-15-8-9-19-20(10-15)34-13-33-19/h2-5,8-10,14,17,21H,6-7,11-13H2,1H3,(H2,26,30)(H,27,32)/t17-,21+,25-/m0/s1. The number of benzene rings is 2. The second-order valence-corrected chi connectivity index (χ2v) is 9.66. The summed E-state index contributed by atoms with van der Waals surface area (Å²) >= 11 is 0. The molecule has 1 saturated heterocycles. The van der Waals surface area contributed by atoms with Gasteiger partial charge in [-0.3, -0.25) is 9.59 Å². The van der Waals surface area contributed by atoms with Crippen LogP contribution in [0.15, 0.2) is 42.5 Å². The van der Waals surface area contributed by atoms with Gasteiger partial charge in [-0.1, -0.05) is 18.2 Å². The molecule has 0 aromatic heterocycles. The number of urea groups is 1. The van der Waals surface area contributed by atoms with Crippen LogP contribution < -0.4 is 25.4 Å². The minimum Gasteiger partial charge on any atom is -0.454 e. The molecule has 0 spiro atoms. The fourth-order valence-corrected chi connectivity index (χ4v) is 5.65. The molecular weight excluding hydrogens is 436 g/mol. The van der Waals surface area contributed by atoms with Crippen molar-refractivity contribution in [2.24, 2.45) is 17.6 Å². The Balaban J connectivity index is 1.39. The zero-order valence-electron chi connectivity index (χ0n) is 18.8. The predicted octanol–water partition coefficient (Wildman–Crippen LogP) is 2.66. The molecule has 4 aliphatic rings. The number of primary amides is 1. The van der Waals surface area contributed by atoms with Gasteiger partial charge in [0.05, 0.1) is 5.92 Å². The first kappa shape index (κ1) is 20.8. The number of likely N-dealkylation sites (tertiary alicyclic amines) is 1. The highest BCUT2D eigenvalue weighted by atomic mass is 16.7. The van der Waals surface area contributed by atoms with Crippen LogP contribution in [0.5, 0.6) is 11.5 Å². The molecule has 6 rings (SSSR count). The van der Waals surface area contributed by atoms with Crippen molar-refractivity contribution in [2.45, 2.75) is 31.2 Å². The summed E-state index contributed by atoms with van der Waals surface area (Å²) in [6.07, 6.45) is 2.18. The first-order valence-corrected chi connectivity index (χ1v) is 11.6.